The van der Waals surface area contributed by atoms with Crippen LogP contribution in [0.5, 0.6) is 0 Å². The van der Waals surface area contributed by atoms with Crippen molar-refractivity contribution in [2.75, 3.05) is 5.32 Å². The van der Waals surface area contributed by atoms with Gasteiger partial charge in [0.05, 0.1) is 18.1 Å². The van der Waals surface area contributed by atoms with Crippen LogP contribution in [0.25, 0.3) is 0 Å². The van der Waals surface area contributed by atoms with E-state index in [1.165, 1.54) is 11.3 Å². The first-order valence-electron chi connectivity index (χ1n) is 7.81. The Morgan fingerprint density at radius 3 is 2.92 bits per heavy atom. The first-order chi connectivity index (χ1) is 11.6. The van der Waals surface area contributed by atoms with Crippen LogP contribution >= 0.6 is 34.5 Å². The molecule has 2 aliphatic rings. The number of carbonyl (C=O) groups is 1. The highest BCUT2D eigenvalue weighted by atomic mass is 35.5. The van der Waals surface area contributed by atoms with E-state index < -0.39 is 0 Å². The first-order valence-corrected chi connectivity index (χ1v) is 9.38. The van der Waals surface area contributed by atoms with Gasteiger partial charge in [0.2, 0.25) is 11.0 Å². The number of ether oxygens (including phenoxy) is 1. The molecule has 1 N–H and O–H groups in total. The zero-order valence-corrected chi connectivity index (χ0v) is 15.0. The number of aromatic nitrogens is 2. The van der Waals surface area contributed by atoms with Crippen LogP contribution in [0.4, 0.5) is 5.13 Å². The number of amides is 1. The second kappa shape index (κ2) is 6.59. The zero-order chi connectivity index (χ0) is 16.7. The fourth-order valence-corrected chi connectivity index (χ4v) is 4.56. The van der Waals surface area contributed by atoms with Crippen LogP contribution in [0.1, 0.15) is 29.8 Å². The minimum Gasteiger partial charge on any atom is -0.374 e. The molecule has 2 saturated heterocycles. The quantitative estimate of drug-likeness (QED) is 0.867. The van der Waals surface area contributed by atoms with Crippen LogP contribution in [-0.2, 0) is 16.0 Å². The van der Waals surface area contributed by atoms with E-state index in [1.54, 1.807) is 12.1 Å². The second-order valence-electron chi connectivity index (χ2n) is 6.12. The van der Waals surface area contributed by atoms with E-state index >= 15 is 0 Å². The smallest absolute Gasteiger partial charge is 0.232 e. The highest BCUT2D eigenvalue weighted by molar-refractivity contribution is 7.15. The molecule has 1 aromatic heterocycles. The van der Waals surface area contributed by atoms with Crippen molar-refractivity contribution in [1.29, 1.82) is 0 Å². The highest BCUT2D eigenvalue weighted by Gasteiger charge is 2.44. The molecule has 24 heavy (non-hydrogen) atoms. The average Bonchev–Trinajstić information content (AvgIpc) is 3.27. The lowest BCUT2D eigenvalue weighted by Crippen LogP contribution is -2.30. The normalized spacial score (nSPS) is 25.2. The number of nitrogens with zero attached hydrogens (tertiary/aromatic N) is 2. The van der Waals surface area contributed by atoms with Crippen molar-refractivity contribution >= 4 is 45.6 Å². The van der Waals surface area contributed by atoms with E-state index in [1.807, 2.05) is 6.07 Å². The number of carbonyl (C=O) groups excluding carboxylic acids is 1. The zero-order valence-electron chi connectivity index (χ0n) is 12.7. The summed E-state index contributed by atoms with van der Waals surface area (Å²) in [4.78, 5) is 12.4. The predicted molar refractivity (Wildman–Crippen MR) is 93.8 cm³/mol. The van der Waals surface area contributed by atoms with E-state index in [0.717, 1.165) is 29.8 Å². The van der Waals surface area contributed by atoms with E-state index in [9.17, 15) is 4.79 Å². The van der Waals surface area contributed by atoms with Crippen LogP contribution in [0.2, 0.25) is 10.0 Å². The molecule has 4 rings (SSSR count). The SMILES string of the molecule is O=C(Nc1nnc(Cc2ccc(Cl)cc2Cl)s1)[C@@H]1C[C@@H]2CC[C@H]1O2. The third kappa shape index (κ3) is 3.28. The molecule has 1 aromatic carbocycles. The molecule has 0 unspecified atom stereocenters. The molecule has 0 radical (unpaired) electrons. The van der Waals surface area contributed by atoms with Crippen molar-refractivity contribution in [3.8, 4) is 0 Å². The molecule has 126 valence electrons. The van der Waals surface area contributed by atoms with Crippen molar-refractivity contribution in [3.05, 3.63) is 38.8 Å². The summed E-state index contributed by atoms with van der Waals surface area (Å²) in [5.74, 6) is -0.0868. The lowest BCUT2D eigenvalue weighted by molar-refractivity contribution is -0.121. The van der Waals surface area contributed by atoms with Gasteiger partial charge in [0, 0.05) is 16.5 Å². The van der Waals surface area contributed by atoms with Crippen LogP contribution < -0.4 is 5.32 Å². The fraction of sp³-hybridized carbons (Fsp3) is 0.438. The largest absolute Gasteiger partial charge is 0.374 e. The maximum Gasteiger partial charge on any atom is 0.232 e. The van der Waals surface area contributed by atoms with Gasteiger partial charge in [-0.1, -0.05) is 40.6 Å². The number of benzene rings is 1. The molecular formula is C16H15Cl2N3O2S. The van der Waals surface area contributed by atoms with Gasteiger partial charge in [0.1, 0.15) is 5.01 Å². The number of anilines is 1. The lowest BCUT2D eigenvalue weighted by atomic mass is 9.89. The average molecular weight is 384 g/mol. The Morgan fingerprint density at radius 1 is 1.33 bits per heavy atom. The van der Waals surface area contributed by atoms with Crippen LogP contribution in [-0.4, -0.2) is 28.3 Å². The van der Waals surface area contributed by atoms with Gasteiger partial charge in [-0.3, -0.25) is 4.79 Å². The number of rotatable bonds is 4. The number of hydrogen-bond acceptors (Lipinski definition) is 5. The molecule has 0 saturated carbocycles. The molecule has 2 aliphatic heterocycles. The maximum atomic E-state index is 12.4. The summed E-state index contributed by atoms with van der Waals surface area (Å²) in [7, 11) is 0. The minimum absolute atomic E-state index is 0.0191. The molecule has 2 bridgehead atoms. The molecule has 2 fully saturated rings. The Bertz CT molecular complexity index is 782. The van der Waals surface area contributed by atoms with Crippen LogP contribution in [0, 0.1) is 5.92 Å². The summed E-state index contributed by atoms with van der Waals surface area (Å²) in [6, 6.07) is 5.37. The standard InChI is InChI=1S/C16H15Cl2N3O2S/c17-9-2-1-8(12(18)6-9)5-14-20-21-16(24-14)19-15(22)11-7-10-3-4-13(11)23-10/h1-2,6,10-11,13H,3-5,7H2,(H,19,21,22)/t10-,11+,13+/m0/s1. The Labute approximate surface area is 153 Å². The molecule has 0 aliphatic carbocycles. The van der Waals surface area contributed by atoms with E-state index in [-0.39, 0.29) is 24.0 Å². The van der Waals surface area contributed by atoms with E-state index in [4.69, 9.17) is 27.9 Å². The van der Waals surface area contributed by atoms with Gasteiger partial charge in [0.15, 0.2) is 0 Å². The number of halogens is 2. The van der Waals surface area contributed by atoms with Crippen LogP contribution in [0.3, 0.4) is 0 Å². The Hall–Kier alpha value is -1.21. The van der Waals surface area contributed by atoms with Gasteiger partial charge in [-0.15, -0.1) is 10.2 Å². The summed E-state index contributed by atoms with van der Waals surface area (Å²) in [5, 5.41) is 13.6. The Balaban J connectivity index is 1.40. The topological polar surface area (TPSA) is 64.1 Å². The Kier molecular flexibility index (Phi) is 4.47. The van der Waals surface area contributed by atoms with Crippen molar-refractivity contribution in [1.82, 2.24) is 10.2 Å². The van der Waals surface area contributed by atoms with Gasteiger partial charge in [-0.2, -0.15) is 0 Å². The molecule has 3 heterocycles. The molecule has 1 amide bonds. The van der Waals surface area contributed by atoms with E-state index in [2.05, 4.69) is 15.5 Å². The predicted octanol–water partition coefficient (Wildman–Crippen LogP) is 3.94. The van der Waals surface area contributed by atoms with Gasteiger partial charge >= 0.3 is 0 Å². The van der Waals surface area contributed by atoms with Crippen molar-refractivity contribution < 1.29 is 9.53 Å². The molecule has 2 aromatic rings. The summed E-state index contributed by atoms with van der Waals surface area (Å²) in [6.45, 7) is 0. The van der Waals surface area contributed by atoms with Crippen LogP contribution in [0.15, 0.2) is 18.2 Å². The Morgan fingerprint density at radius 2 is 2.21 bits per heavy atom. The van der Waals surface area contributed by atoms with Gasteiger partial charge in [0.25, 0.3) is 0 Å². The third-order valence-electron chi connectivity index (χ3n) is 4.50. The molecule has 0 spiro atoms. The highest BCUT2D eigenvalue weighted by Crippen LogP contribution is 2.39. The maximum absolute atomic E-state index is 12.4. The lowest BCUT2D eigenvalue weighted by Gasteiger charge is -2.16. The third-order valence-corrected chi connectivity index (χ3v) is 5.92. The second-order valence-corrected chi connectivity index (χ2v) is 8.02. The van der Waals surface area contributed by atoms with Crippen molar-refractivity contribution in [2.24, 2.45) is 5.92 Å². The number of fused-ring (bicyclic) bond motifs is 2. The molecule has 3 atom stereocenters. The van der Waals surface area contributed by atoms with Gasteiger partial charge in [-0.05, 0) is 37.0 Å². The number of hydrogen-bond donors (Lipinski definition) is 1. The van der Waals surface area contributed by atoms with Gasteiger partial charge in [-0.25, -0.2) is 0 Å². The van der Waals surface area contributed by atoms with Gasteiger partial charge < -0.3 is 10.1 Å². The summed E-state index contributed by atoms with van der Waals surface area (Å²) < 4.78 is 5.73. The summed E-state index contributed by atoms with van der Waals surface area (Å²) in [6.07, 6.45) is 3.72. The van der Waals surface area contributed by atoms with Crippen molar-refractivity contribution in [3.63, 3.8) is 0 Å². The monoisotopic (exact) mass is 383 g/mol. The molecule has 8 heteroatoms. The number of nitrogens with one attached hydrogen (secondary N) is 1. The summed E-state index contributed by atoms with van der Waals surface area (Å²) >= 11 is 13.4. The molecule has 5 nitrogen and oxygen atoms in total. The minimum atomic E-state index is -0.0678. The fourth-order valence-electron chi connectivity index (χ4n) is 3.32. The van der Waals surface area contributed by atoms with Crippen molar-refractivity contribution in [2.45, 2.75) is 37.9 Å². The molecular weight excluding hydrogens is 369 g/mol. The summed E-state index contributed by atoms with van der Waals surface area (Å²) in [5.41, 5.74) is 0.927. The van der Waals surface area contributed by atoms with E-state index in [0.29, 0.717) is 21.6 Å². The first kappa shape index (κ1) is 16.3.